The summed E-state index contributed by atoms with van der Waals surface area (Å²) in [5.74, 6) is 0.189. The Hall–Kier alpha value is -2.75. The molecule has 1 saturated heterocycles. The summed E-state index contributed by atoms with van der Waals surface area (Å²) in [6.45, 7) is 5.59. The van der Waals surface area contributed by atoms with E-state index in [1.165, 1.54) is 6.33 Å². The van der Waals surface area contributed by atoms with E-state index in [4.69, 9.17) is 0 Å². The van der Waals surface area contributed by atoms with Crippen LogP contribution in [0.25, 0.3) is 11.4 Å². The zero-order valence-corrected chi connectivity index (χ0v) is 16.0. The summed E-state index contributed by atoms with van der Waals surface area (Å²) in [6.07, 6.45) is -3.06. The molecule has 2 aromatic rings. The topological polar surface area (TPSA) is 83.0 Å². The van der Waals surface area contributed by atoms with Gasteiger partial charge in [0.25, 0.3) is 0 Å². The van der Waals surface area contributed by atoms with E-state index in [1.54, 1.807) is 0 Å². The first kappa shape index (κ1) is 19.6. The molecule has 154 valence electrons. The molecular formula is C19H21F3N6O. The number of carbonyl (C=O) groups excluding carboxylic acids is 1. The number of amides is 1. The smallest absolute Gasteiger partial charge is 0.354 e. The molecule has 0 radical (unpaired) electrons. The maximum Gasteiger partial charge on any atom is 0.416 e. The summed E-state index contributed by atoms with van der Waals surface area (Å²) < 4.78 is 40.9. The quantitative estimate of drug-likeness (QED) is 0.798. The summed E-state index contributed by atoms with van der Waals surface area (Å²) >= 11 is 0. The standard InChI is InChI=1S/C19H21F3N6O/c1-10-5-15(29)27-18-16(10)17(24-9-25-18)13-6-12(19(20,21)22)7-14(26-13)28-4-3-23-11(2)8-28/h6-7,9-11,23H,3-5,8H2,1-2H3,(H,24,25,27,29)/t10-,11-/m0/s1. The minimum absolute atomic E-state index is 0.127. The molecule has 0 aliphatic carbocycles. The molecule has 0 unspecified atom stereocenters. The molecule has 2 N–H and O–H groups in total. The predicted molar refractivity (Wildman–Crippen MR) is 102 cm³/mol. The van der Waals surface area contributed by atoms with Gasteiger partial charge in [-0.2, -0.15) is 13.2 Å². The van der Waals surface area contributed by atoms with E-state index in [1.807, 2.05) is 18.7 Å². The lowest BCUT2D eigenvalue weighted by atomic mass is 9.91. The van der Waals surface area contributed by atoms with Crippen LogP contribution in [-0.2, 0) is 11.0 Å². The molecule has 29 heavy (non-hydrogen) atoms. The summed E-state index contributed by atoms with van der Waals surface area (Å²) in [5, 5.41) is 5.94. The Bertz CT molecular complexity index is 948. The molecule has 0 saturated carbocycles. The summed E-state index contributed by atoms with van der Waals surface area (Å²) in [6, 6.07) is 2.24. The number of pyridine rings is 1. The normalized spacial score (nSPS) is 22.2. The fraction of sp³-hybridized carbons (Fsp3) is 0.474. The maximum absolute atomic E-state index is 13.6. The van der Waals surface area contributed by atoms with Crippen molar-refractivity contribution >= 4 is 17.5 Å². The molecule has 2 aliphatic rings. The summed E-state index contributed by atoms with van der Waals surface area (Å²) in [4.78, 5) is 26.5. The molecule has 1 amide bonds. The first-order valence-corrected chi connectivity index (χ1v) is 9.45. The number of hydrogen-bond acceptors (Lipinski definition) is 6. The van der Waals surface area contributed by atoms with Gasteiger partial charge in [-0.25, -0.2) is 15.0 Å². The lowest BCUT2D eigenvalue weighted by Crippen LogP contribution is -2.49. The Morgan fingerprint density at radius 1 is 1.21 bits per heavy atom. The van der Waals surface area contributed by atoms with Crippen LogP contribution in [0.5, 0.6) is 0 Å². The third-order valence-electron chi connectivity index (χ3n) is 5.20. The molecule has 4 heterocycles. The van der Waals surface area contributed by atoms with Crippen LogP contribution in [0, 0.1) is 0 Å². The van der Waals surface area contributed by atoms with Crippen LogP contribution in [0.4, 0.5) is 24.8 Å². The molecule has 7 nitrogen and oxygen atoms in total. The van der Waals surface area contributed by atoms with Crippen LogP contribution in [0.15, 0.2) is 18.5 Å². The van der Waals surface area contributed by atoms with Gasteiger partial charge in [0.1, 0.15) is 18.0 Å². The van der Waals surface area contributed by atoms with Gasteiger partial charge in [0, 0.05) is 37.7 Å². The van der Waals surface area contributed by atoms with Gasteiger partial charge in [0.2, 0.25) is 5.91 Å². The molecule has 0 aromatic carbocycles. The van der Waals surface area contributed by atoms with E-state index in [9.17, 15) is 18.0 Å². The molecule has 0 spiro atoms. The zero-order chi connectivity index (χ0) is 20.8. The highest BCUT2D eigenvalue weighted by Crippen LogP contribution is 2.39. The van der Waals surface area contributed by atoms with Crippen molar-refractivity contribution in [1.29, 1.82) is 0 Å². The lowest BCUT2D eigenvalue weighted by Gasteiger charge is -2.33. The fourth-order valence-electron chi connectivity index (χ4n) is 3.83. The van der Waals surface area contributed by atoms with E-state index in [0.717, 1.165) is 12.1 Å². The predicted octanol–water partition coefficient (Wildman–Crippen LogP) is 2.80. The van der Waals surface area contributed by atoms with Crippen molar-refractivity contribution in [2.45, 2.75) is 38.4 Å². The zero-order valence-electron chi connectivity index (χ0n) is 16.0. The van der Waals surface area contributed by atoms with Gasteiger partial charge in [-0.3, -0.25) is 4.79 Å². The SMILES string of the molecule is C[C@H]1CN(c2cc(C(F)(F)F)cc(-c3ncnc4c3[C@@H](C)CC(=O)N4)n2)CCN1. The molecule has 2 aliphatic heterocycles. The molecular weight excluding hydrogens is 385 g/mol. The van der Waals surface area contributed by atoms with Crippen LogP contribution in [0.2, 0.25) is 0 Å². The van der Waals surface area contributed by atoms with Crippen molar-refractivity contribution < 1.29 is 18.0 Å². The van der Waals surface area contributed by atoms with Gasteiger partial charge in [-0.15, -0.1) is 0 Å². The fourth-order valence-corrected chi connectivity index (χ4v) is 3.83. The van der Waals surface area contributed by atoms with Gasteiger partial charge < -0.3 is 15.5 Å². The molecule has 10 heteroatoms. The van der Waals surface area contributed by atoms with E-state index >= 15 is 0 Å². The van der Waals surface area contributed by atoms with Gasteiger partial charge in [0.05, 0.1) is 17.0 Å². The lowest BCUT2D eigenvalue weighted by molar-refractivity contribution is -0.137. The second-order valence-corrected chi connectivity index (χ2v) is 7.54. The molecule has 2 atom stereocenters. The number of rotatable bonds is 2. The first-order chi connectivity index (χ1) is 13.7. The average molecular weight is 406 g/mol. The summed E-state index contributed by atoms with van der Waals surface area (Å²) in [7, 11) is 0. The van der Waals surface area contributed by atoms with Crippen molar-refractivity contribution in [1.82, 2.24) is 20.3 Å². The Labute approximate surface area is 165 Å². The number of anilines is 2. The van der Waals surface area contributed by atoms with Gasteiger partial charge in [0.15, 0.2) is 0 Å². The van der Waals surface area contributed by atoms with Crippen LogP contribution >= 0.6 is 0 Å². The van der Waals surface area contributed by atoms with Crippen molar-refractivity contribution in [2.24, 2.45) is 0 Å². The number of halogens is 3. The van der Waals surface area contributed by atoms with Gasteiger partial charge >= 0.3 is 6.18 Å². The van der Waals surface area contributed by atoms with Crippen molar-refractivity contribution in [3.05, 3.63) is 29.6 Å². The van der Waals surface area contributed by atoms with E-state index in [-0.39, 0.29) is 35.8 Å². The number of aromatic nitrogens is 3. The Morgan fingerprint density at radius 3 is 2.72 bits per heavy atom. The molecule has 2 aromatic heterocycles. The Balaban J connectivity index is 1.85. The van der Waals surface area contributed by atoms with Gasteiger partial charge in [-0.05, 0) is 25.0 Å². The number of fused-ring (bicyclic) bond motifs is 1. The molecule has 1 fully saturated rings. The number of nitrogens with one attached hydrogen (secondary N) is 2. The van der Waals surface area contributed by atoms with Crippen molar-refractivity contribution in [2.75, 3.05) is 29.9 Å². The number of hydrogen-bond donors (Lipinski definition) is 2. The third-order valence-corrected chi connectivity index (χ3v) is 5.20. The van der Waals surface area contributed by atoms with Crippen molar-refractivity contribution in [3.8, 4) is 11.4 Å². The van der Waals surface area contributed by atoms with Crippen LogP contribution in [0.3, 0.4) is 0 Å². The third kappa shape index (κ3) is 3.89. The second kappa shape index (κ2) is 7.25. The average Bonchev–Trinajstić information content (AvgIpc) is 2.66. The molecule has 0 bridgehead atoms. The van der Waals surface area contributed by atoms with E-state index < -0.39 is 11.7 Å². The first-order valence-electron chi connectivity index (χ1n) is 9.45. The van der Waals surface area contributed by atoms with Crippen molar-refractivity contribution in [3.63, 3.8) is 0 Å². The van der Waals surface area contributed by atoms with E-state index in [0.29, 0.717) is 36.7 Å². The highest BCUT2D eigenvalue weighted by Gasteiger charge is 2.34. The molecule has 4 rings (SSSR count). The second-order valence-electron chi connectivity index (χ2n) is 7.54. The monoisotopic (exact) mass is 406 g/mol. The Kier molecular flexibility index (Phi) is 4.89. The highest BCUT2D eigenvalue weighted by atomic mass is 19.4. The number of nitrogens with zero attached hydrogens (tertiary/aromatic N) is 4. The highest BCUT2D eigenvalue weighted by molar-refractivity contribution is 5.94. The minimum Gasteiger partial charge on any atom is -0.354 e. The summed E-state index contributed by atoms with van der Waals surface area (Å²) in [5.41, 5.74) is 0.280. The number of carbonyl (C=O) groups is 1. The van der Waals surface area contributed by atoms with E-state index in [2.05, 4.69) is 25.6 Å². The maximum atomic E-state index is 13.6. The minimum atomic E-state index is -4.51. The largest absolute Gasteiger partial charge is 0.416 e. The van der Waals surface area contributed by atoms with Crippen LogP contribution in [0.1, 0.15) is 37.3 Å². The van der Waals surface area contributed by atoms with Crippen LogP contribution in [-0.4, -0.2) is 46.5 Å². The Morgan fingerprint density at radius 2 is 2.00 bits per heavy atom. The van der Waals surface area contributed by atoms with Crippen LogP contribution < -0.4 is 15.5 Å². The number of alkyl halides is 3. The van der Waals surface area contributed by atoms with Gasteiger partial charge in [-0.1, -0.05) is 6.92 Å². The number of piperazine rings is 1.